The fourth-order valence-corrected chi connectivity index (χ4v) is 2.57. The van der Waals surface area contributed by atoms with E-state index < -0.39 is 0 Å². The van der Waals surface area contributed by atoms with Crippen LogP contribution in [0.25, 0.3) is 0 Å². The highest BCUT2D eigenvalue weighted by molar-refractivity contribution is 5.83. The molecular weight excluding hydrogens is 245 g/mol. The van der Waals surface area contributed by atoms with Crippen molar-refractivity contribution in [3.8, 4) is 0 Å². The molecular formula is C15H20FNO2. The van der Waals surface area contributed by atoms with Crippen LogP contribution in [0.3, 0.4) is 0 Å². The molecule has 1 fully saturated rings. The van der Waals surface area contributed by atoms with E-state index in [4.69, 9.17) is 0 Å². The zero-order valence-electron chi connectivity index (χ0n) is 11.3. The Morgan fingerprint density at radius 2 is 2.21 bits per heavy atom. The van der Waals surface area contributed by atoms with Crippen molar-refractivity contribution in [3.63, 3.8) is 0 Å². The van der Waals surface area contributed by atoms with Crippen LogP contribution in [0.2, 0.25) is 0 Å². The molecule has 0 spiro atoms. The van der Waals surface area contributed by atoms with E-state index in [0.29, 0.717) is 18.7 Å². The topological polar surface area (TPSA) is 40.5 Å². The molecule has 0 bridgehead atoms. The summed E-state index contributed by atoms with van der Waals surface area (Å²) in [6, 6.07) is 6.18. The van der Waals surface area contributed by atoms with E-state index in [1.165, 1.54) is 12.1 Å². The number of hydrogen-bond acceptors (Lipinski definition) is 2. The number of carbonyl (C=O) groups is 1. The minimum atomic E-state index is -0.387. The molecule has 0 radical (unpaired) electrons. The van der Waals surface area contributed by atoms with Crippen molar-refractivity contribution in [1.82, 2.24) is 4.90 Å². The lowest BCUT2D eigenvalue weighted by atomic mass is 9.99. The summed E-state index contributed by atoms with van der Waals surface area (Å²) in [5.41, 5.74) is 0.700. The highest BCUT2D eigenvalue weighted by Crippen LogP contribution is 2.25. The van der Waals surface area contributed by atoms with Gasteiger partial charge in [-0.2, -0.15) is 0 Å². The van der Waals surface area contributed by atoms with Crippen LogP contribution in [0.15, 0.2) is 24.3 Å². The Labute approximate surface area is 113 Å². The maximum atomic E-state index is 13.2. The normalized spacial score (nSPS) is 22.3. The minimum Gasteiger partial charge on any atom is -0.393 e. The smallest absolute Gasteiger partial charge is 0.229 e. The molecule has 3 atom stereocenters. The van der Waals surface area contributed by atoms with Crippen molar-refractivity contribution >= 4 is 5.91 Å². The summed E-state index contributed by atoms with van der Waals surface area (Å²) in [4.78, 5) is 14.1. The van der Waals surface area contributed by atoms with Crippen LogP contribution in [0, 0.1) is 11.7 Å². The number of halogens is 1. The Kier molecular flexibility index (Phi) is 4.20. The van der Waals surface area contributed by atoms with Gasteiger partial charge in [-0.1, -0.05) is 12.1 Å². The third kappa shape index (κ3) is 3.13. The highest BCUT2D eigenvalue weighted by Gasteiger charge is 2.31. The van der Waals surface area contributed by atoms with Gasteiger partial charge in [0.05, 0.1) is 12.0 Å². The number of aliphatic hydroxyl groups excluding tert-OH is 1. The van der Waals surface area contributed by atoms with Gasteiger partial charge in [0.25, 0.3) is 0 Å². The molecule has 1 aliphatic heterocycles. The Bertz CT molecular complexity index is 461. The largest absolute Gasteiger partial charge is 0.393 e. The first-order valence-electron chi connectivity index (χ1n) is 6.71. The third-order valence-electron chi connectivity index (χ3n) is 3.94. The van der Waals surface area contributed by atoms with Crippen molar-refractivity contribution in [2.24, 2.45) is 5.92 Å². The summed E-state index contributed by atoms with van der Waals surface area (Å²) in [5, 5.41) is 9.56. The Morgan fingerprint density at radius 1 is 1.47 bits per heavy atom. The van der Waals surface area contributed by atoms with E-state index in [0.717, 1.165) is 6.42 Å². The standard InChI is InChI=1S/C15H20FNO2/c1-10(12-4-3-5-14(16)8-12)15(19)17-7-6-13(9-17)11(2)18/h3-5,8,10-11,13,18H,6-7,9H2,1-2H3. The molecule has 19 heavy (non-hydrogen) atoms. The summed E-state index contributed by atoms with van der Waals surface area (Å²) < 4.78 is 13.2. The molecule has 0 saturated carbocycles. The average Bonchev–Trinajstić information content (AvgIpc) is 2.86. The number of carbonyl (C=O) groups excluding carboxylic acids is 1. The minimum absolute atomic E-state index is 0.00810. The molecule has 1 heterocycles. The molecule has 3 nitrogen and oxygen atoms in total. The molecule has 1 aliphatic rings. The fourth-order valence-electron chi connectivity index (χ4n) is 2.57. The number of hydrogen-bond donors (Lipinski definition) is 1. The van der Waals surface area contributed by atoms with Crippen LogP contribution in [0.5, 0.6) is 0 Å². The van der Waals surface area contributed by atoms with E-state index in [9.17, 15) is 14.3 Å². The molecule has 104 valence electrons. The Balaban J connectivity index is 2.04. The lowest BCUT2D eigenvalue weighted by molar-refractivity contribution is -0.131. The Hall–Kier alpha value is -1.42. The fraction of sp³-hybridized carbons (Fsp3) is 0.533. The molecule has 1 saturated heterocycles. The van der Waals surface area contributed by atoms with Crippen LogP contribution >= 0.6 is 0 Å². The molecule has 1 amide bonds. The molecule has 1 aromatic carbocycles. The second-order valence-corrected chi connectivity index (χ2v) is 5.35. The van der Waals surface area contributed by atoms with Crippen LogP contribution in [-0.4, -0.2) is 35.1 Å². The van der Waals surface area contributed by atoms with Crippen molar-refractivity contribution in [3.05, 3.63) is 35.6 Å². The van der Waals surface area contributed by atoms with Gasteiger partial charge in [0.2, 0.25) is 5.91 Å². The van der Waals surface area contributed by atoms with E-state index >= 15 is 0 Å². The zero-order valence-corrected chi connectivity index (χ0v) is 11.3. The van der Waals surface area contributed by atoms with Crippen LogP contribution < -0.4 is 0 Å². The lowest BCUT2D eigenvalue weighted by Gasteiger charge is -2.22. The highest BCUT2D eigenvalue weighted by atomic mass is 19.1. The molecule has 0 aromatic heterocycles. The first kappa shape index (κ1) is 14.0. The average molecular weight is 265 g/mol. The predicted molar refractivity (Wildman–Crippen MR) is 71.2 cm³/mol. The van der Waals surface area contributed by atoms with E-state index in [-0.39, 0.29) is 29.7 Å². The van der Waals surface area contributed by atoms with Crippen molar-refractivity contribution in [1.29, 1.82) is 0 Å². The summed E-state index contributed by atoms with van der Waals surface area (Å²) in [6.45, 7) is 4.83. The molecule has 1 N–H and O–H groups in total. The lowest BCUT2D eigenvalue weighted by Crippen LogP contribution is -2.33. The van der Waals surface area contributed by atoms with Crippen molar-refractivity contribution in [2.75, 3.05) is 13.1 Å². The maximum absolute atomic E-state index is 13.2. The summed E-state index contributed by atoms with van der Waals surface area (Å²) in [5.74, 6) is -0.499. The van der Waals surface area contributed by atoms with Crippen molar-refractivity contribution in [2.45, 2.75) is 32.3 Å². The number of rotatable bonds is 3. The second kappa shape index (κ2) is 5.70. The van der Waals surface area contributed by atoms with Gasteiger partial charge in [-0.05, 0) is 38.0 Å². The van der Waals surface area contributed by atoms with Crippen LogP contribution in [0.1, 0.15) is 31.7 Å². The van der Waals surface area contributed by atoms with Gasteiger partial charge in [0, 0.05) is 19.0 Å². The molecule has 4 heteroatoms. The monoisotopic (exact) mass is 265 g/mol. The molecule has 0 aliphatic carbocycles. The summed E-state index contributed by atoms with van der Waals surface area (Å²) >= 11 is 0. The SMILES string of the molecule is CC(C(=O)N1CCC(C(C)O)C1)c1cccc(F)c1. The van der Waals surface area contributed by atoms with Gasteiger partial charge in [0.15, 0.2) is 0 Å². The van der Waals surface area contributed by atoms with Crippen LogP contribution in [0.4, 0.5) is 4.39 Å². The Morgan fingerprint density at radius 3 is 2.79 bits per heavy atom. The molecule has 2 rings (SSSR count). The number of benzene rings is 1. The van der Waals surface area contributed by atoms with Crippen molar-refractivity contribution < 1.29 is 14.3 Å². The van der Waals surface area contributed by atoms with Gasteiger partial charge >= 0.3 is 0 Å². The maximum Gasteiger partial charge on any atom is 0.229 e. The number of aliphatic hydroxyl groups is 1. The molecule has 3 unspecified atom stereocenters. The summed E-state index contributed by atoms with van der Waals surface area (Å²) in [6.07, 6.45) is 0.446. The number of amides is 1. The quantitative estimate of drug-likeness (QED) is 0.909. The van der Waals surface area contributed by atoms with E-state index in [1.54, 1.807) is 30.9 Å². The summed E-state index contributed by atoms with van der Waals surface area (Å²) in [7, 11) is 0. The van der Waals surface area contributed by atoms with Gasteiger partial charge in [0.1, 0.15) is 5.82 Å². The van der Waals surface area contributed by atoms with Gasteiger partial charge in [-0.25, -0.2) is 4.39 Å². The number of likely N-dealkylation sites (tertiary alicyclic amines) is 1. The number of nitrogens with zero attached hydrogens (tertiary/aromatic N) is 1. The zero-order chi connectivity index (χ0) is 14.0. The first-order chi connectivity index (χ1) is 8.99. The van der Waals surface area contributed by atoms with E-state index in [1.807, 2.05) is 0 Å². The second-order valence-electron chi connectivity index (χ2n) is 5.35. The van der Waals surface area contributed by atoms with Gasteiger partial charge in [-0.15, -0.1) is 0 Å². The van der Waals surface area contributed by atoms with E-state index in [2.05, 4.69) is 0 Å². The third-order valence-corrected chi connectivity index (χ3v) is 3.94. The first-order valence-corrected chi connectivity index (χ1v) is 6.71. The molecule has 1 aromatic rings. The van der Waals surface area contributed by atoms with Gasteiger partial charge in [-0.3, -0.25) is 4.79 Å². The van der Waals surface area contributed by atoms with Gasteiger partial charge < -0.3 is 10.0 Å². The van der Waals surface area contributed by atoms with Crippen LogP contribution in [-0.2, 0) is 4.79 Å². The predicted octanol–water partition coefficient (Wildman–Crippen LogP) is 2.16.